The SMILES string of the molecule is C1=CN(Cc2ccccc2)CN1CCP(c1ccccc1)c1ccccc1. The molecule has 27 heavy (non-hydrogen) atoms. The lowest BCUT2D eigenvalue weighted by Gasteiger charge is -2.25. The summed E-state index contributed by atoms with van der Waals surface area (Å²) in [4.78, 5) is 4.81. The van der Waals surface area contributed by atoms with Crippen LogP contribution in [0, 0.1) is 0 Å². The molecule has 0 amide bonds. The van der Waals surface area contributed by atoms with Crippen molar-refractivity contribution in [3.63, 3.8) is 0 Å². The van der Waals surface area contributed by atoms with Crippen molar-refractivity contribution in [2.45, 2.75) is 6.54 Å². The Morgan fingerprint density at radius 3 is 1.74 bits per heavy atom. The molecule has 3 heteroatoms. The molecule has 0 fully saturated rings. The first kappa shape index (κ1) is 17.8. The maximum Gasteiger partial charge on any atom is 0.0897 e. The first-order chi connectivity index (χ1) is 13.4. The summed E-state index contributed by atoms with van der Waals surface area (Å²) in [5.41, 5.74) is 1.36. The minimum absolute atomic E-state index is 0.323. The van der Waals surface area contributed by atoms with Gasteiger partial charge < -0.3 is 9.80 Å². The third kappa shape index (κ3) is 4.78. The molecule has 0 saturated heterocycles. The maximum atomic E-state index is 2.43. The molecule has 0 saturated carbocycles. The molecule has 3 aromatic carbocycles. The van der Waals surface area contributed by atoms with Crippen LogP contribution in [-0.4, -0.2) is 29.2 Å². The van der Waals surface area contributed by atoms with Gasteiger partial charge in [-0.25, -0.2) is 0 Å². The number of nitrogens with zero attached hydrogens (tertiary/aromatic N) is 2. The Labute approximate surface area is 163 Å². The van der Waals surface area contributed by atoms with Crippen LogP contribution in [0.4, 0.5) is 0 Å². The summed E-state index contributed by atoms with van der Waals surface area (Å²) in [6, 6.07) is 32.6. The van der Waals surface area contributed by atoms with Crippen LogP contribution in [0.2, 0.25) is 0 Å². The lowest BCUT2D eigenvalue weighted by molar-refractivity contribution is 0.269. The van der Waals surface area contributed by atoms with Crippen LogP contribution in [0.3, 0.4) is 0 Å². The van der Waals surface area contributed by atoms with Gasteiger partial charge in [-0.2, -0.15) is 0 Å². The summed E-state index contributed by atoms with van der Waals surface area (Å²) in [5.74, 6) is 0. The van der Waals surface area contributed by atoms with Gasteiger partial charge in [-0.05, 0) is 30.3 Å². The highest BCUT2D eigenvalue weighted by atomic mass is 31.1. The smallest absolute Gasteiger partial charge is 0.0897 e. The van der Waals surface area contributed by atoms with Crippen LogP contribution in [0.1, 0.15) is 5.56 Å². The largest absolute Gasteiger partial charge is 0.358 e. The van der Waals surface area contributed by atoms with Gasteiger partial charge in [-0.3, -0.25) is 0 Å². The van der Waals surface area contributed by atoms with E-state index in [0.29, 0.717) is 0 Å². The van der Waals surface area contributed by atoms with Crippen LogP contribution in [0.5, 0.6) is 0 Å². The molecule has 1 aliphatic heterocycles. The summed E-state index contributed by atoms with van der Waals surface area (Å²) in [7, 11) is -0.323. The summed E-state index contributed by atoms with van der Waals surface area (Å²) < 4.78 is 0. The highest BCUT2D eigenvalue weighted by Crippen LogP contribution is 2.33. The number of rotatable bonds is 7. The summed E-state index contributed by atoms with van der Waals surface area (Å²) in [5, 5.41) is 2.92. The monoisotopic (exact) mass is 372 g/mol. The predicted molar refractivity (Wildman–Crippen MR) is 117 cm³/mol. The van der Waals surface area contributed by atoms with Crippen molar-refractivity contribution in [2.75, 3.05) is 19.4 Å². The lowest BCUT2D eigenvalue weighted by Crippen LogP contribution is -2.28. The van der Waals surface area contributed by atoms with Crippen LogP contribution >= 0.6 is 7.92 Å². The minimum atomic E-state index is -0.323. The van der Waals surface area contributed by atoms with Crippen molar-refractivity contribution < 1.29 is 0 Å². The molecule has 0 aromatic heterocycles. The molecule has 4 rings (SSSR count). The average molecular weight is 372 g/mol. The Hall–Kier alpha value is -2.57. The topological polar surface area (TPSA) is 6.48 Å². The Morgan fingerprint density at radius 1 is 0.630 bits per heavy atom. The van der Waals surface area contributed by atoms with E-state index >= 15 is 0 Å². The minimum Gasteiger partial charge on any atom is -0.358 e. The fourth-order valence-electron chi connectivity index (χ4n) is 3.43. The summed E-state index contributed by atoms with van der Waals surface area (Å²) in [6.45, 7) is 3.03. The van der Waals surface area contributed by atoms with E-state index in [4.69, 9.17) is 0 Å². The quantitative estimate of drug-likeness (QED) is 0.569. The average Bonchev–Trinajstić information content (AvgIpc) is 3.18. The lowest BCUT2D eigenvalue weighted by atomic mass is 10.2. The van der Waals surface area contributed by atoms with Gasteiger partial charge in [0.15, 0.2) is 0 Å². The van der Waals surface area contributed by atoms with Crippen molar-refractivity contribution >= 4 is 18.5 Å². The second-order valence-corrected chi connectivity index (χ2v) is 9.14. The molecule has 0 atom stereocenters. The van der Waals surface area contributed by atoms with Gasteiger partial charge in [-0.1, -0.05) is 91.0 Å². The van der Waals surface area contributed by atoms with E-state index in [-0.39, 0.29) is 7.92 Å². The van der Waals surface area contributed by atoms with Gasteiger partial charge in [0, 0.05) is 25.5 Å². The standard InChI is InChI=1S/C24H25N2P/c1-4-10-22(11-5-1)20-26-17-16-25(21-26)18-19-27(23-12-6-2-7-13-23)24-14-8-3-9-15-24/h1-17H,18-21H2. The highest BCUT2D eigenvalue weighted by Gasteiger charge is 2.17. The normalized spacial score (nSPS) is 13.5. The van der Waals surface area contributed by atoms with E-state index in [1.165, 1.54) is 22.3 Å². The molecule has 0 spiro atoms. The van der Waals surface area contributed by atoms with Crippen molar-refractivity contribution in [1.29, 1.82) is 0 Å². The van der Waals surface area contributed by atoms with Gasteiger partial charge >= 0.3 is 0 Å². The number of benzene rings is 3. The molecule has 0 radical (unpaired) electrons. The molecule has 136 valence electrons. The van der Waals surface area contributed by atoms with Gasteiger partial charge in [0.25, 0.3) is 0 Å². The molecular weight excluding hydrogens is 347 g/mol. The van der Waals surface area contributed by atoms with Crippen molar-refractivity contribution in [3.05, 3.63) is 109 Å². The maximum absolute atomic E-state index is 2.43. The zero-order valence-electron chi connectivity index (χ0n) is 15.5. The first-order valence-electron chi connectivity index (χ1n) is 9.46. The van der Waals surface area contributed by atoms with Crippen LogP contribution < -0.4 is 10.6 Å². The summed E-state index contributed by atoms with van der Waals surface area (Å²) >= 11 is 0. The van der Waals surface area contributed by atoms with E-state index in [0.717, 1.165) is 19.8 Å². The third-order valence-corrected chi connectivity index (χ3v) is 7.32. The predicted octanol–water partition coefficient (Wildman–Crippen LogP) is 4.37. The first-order valence-corrected chi connectivity index (χ1v) is 11.0. The molecule has 1 aliphatic rings. The van der Waals surface area contributed by atoms with Gasteiger partial charge in [0.1, 0.15) is 0 Å². The molecule has 0 aliphatic carbocycles. The Kier molecular flexibility index (Phi) is 5.86. The number of hydrogen-bond donors (Lipinski definition) is 0. The van der Waals surface area contributed by atoms with Gasteiger partial charge in [0.05, 0.1) is 6.67 Å². The Morgan fingerprint density at radius 2 is 1.15 bits per heavy atom. The van der Waals surface area contributed by atoms with Crippen molar-refractivity contribution in [1.82, 2.24) is 9.80 Å². The second kappa shape index (κ2) is 8.88. The van der Waals surface area contributed by atoms with E-state index in [1.807, 2.05) is 0 Å². The van der Waals surface area contributed by atoms with E-state index < -0.39 is 0 Å². The fraction of sp³-hybridized carbons (Fsp3) is 0.167. The van der Waals surface area contributed by atoms with E-state index in [1.54, 1.807) is 0 Å². The molecule has 0 bridgehead atoms. The zero-order valence-corrected chi connectivity index (χ0v) is 16.4. The van der Waals surface area contributed by atoms with Crippen LogP contribution in [-0.2, 0) is 6.54 Å². The van der Waals surface area contributed by atoms with Crippen molar-refractivity contribution in [3.8, 4) is 0 Å². The molecule has 1 heterocycles. The Bertz CT molecular complexity index is 810. The summed E-state index contributed by atoms with van der Waals surface area (Å²) in [6.07, 6.45) is 5.64. The zero-order chi connectivity index (χ0) is 18.3. The fourth-order valence-corrected chi connectivity index (χ4v) is 5.77. The van der Waals surface area contributed by atoms with Gasteiger partial charge in [0.2, 0.25) is 0 Å². The van der Waals surface area contributed by atoms with Gasteiger partial charge in [-0.15, -0.1) is 0 Å². The molecule has 0 N–H and O–H groups in total. The molecule has 0 unspecified atom stereocenters. The van der Waals surface area contributed by atoms with Crippen LogP contribution in [0.25, 0.3) is 0 Å². The molecule has 3 aromatic rings. The molecular formula is C24H25N2P. The Balaban J connectivity index is 1.38. The van der Waals surface area contributed by atoms with E-state index in [2.05, 4.69) is 113 Å². The van der Waals surface area contributed by atoms with E-state index in [9.17, 15) is 0 Å². The molecule has 2 nitrogen and oxygen atoms in total. The van der Waals surface area contributed by atoms with Crippen molar-refractivity contribution in [2.24, 2.45) is 0 Å². The third-order valence-electron chi connectivity index (χ3n) is 4.83. The number of hydrogen-bond acceptors (Lipinski definition) is 2. The highest BCUT2D eigenvalue weighted by molar-refractivity contribution is 7.73. The second-order valence-electron chi connectivity index (χ2n) is 6.81. The van der Waals surface area contributed by atoms with Crippen LogP contribution in [0.15, 0.2) is 103 Å².